The average Bonchev–Trinajstić information content (AvgIpc) is 3.52. The van der Waals surface area contributed by atoms with Crippen molar-refractivity contribution in [2.24, 2.45) is 0 Å². The first-order valence-electron chi connectivity index (χ1n) is 12.1. The lowest BCUT2D eigenvalue weighted by molar-refractivity contribution is -0.169. The van der Waals surface area contributed by atoms with Crippen molar-refractivity contribution in [3.05, 3.63) is 12.7 Å². The minimum absolute atomic E-state index is 0.0657. The van der Waals surface area contributed by atoms with Gasteiger partial charge in [0, 0.05) is 6.61 Å². The van der Waals surface area contributed by atoms with E-state index >= 15 is 0 Å². The molecule has 0 aromatic carbocycles. The van der Waals surface area contributed by atoms with Gasteiger partial charge in [0.15, 0.2) is 24.0 Å². The fourth-order valence-electron chi connectivity index (χ4n) is 4.00. The maximum absolute atomic E-state index is 12.3. The molecule has 10 atom stereocenters. The van der Waals surface area contributed by atoms with Crippen molar-refractivity contribution in [1.82, 2.24) is 19.5 Å². The predicted octanol–water partition coefficient (Wildman–Crippen LogP) is -1.46. The van der Waals surface area contributed by atoms with E-state index in [1.165, 1.54) is 10.9 Å². The van der Waals surface area contributed by atoms with Crippen LogP contribution in [0.4, 0.5) is 5.82 Å². The van der Waals surface area contributed by atoms with Crippen LogP contribution in [0.15, 0.2) is 12.7 Å². The first-order chi connectivity index (χ1) is 18.8. The van der Waals surface area contributed by atoms with E-state index in [1.807, 2.05) is 6.92 Å². The van der Waals surface area contributed by atoms with Crippen LogP contribution in [0.25, 0.3) is 11.2 Å². The molecule has 4 rings (SSSR count). The molecule has 0 amide bonds. The number of hydrogen-bond acceptors (Lipinski definition) is 16. The zero-order chi connectivity index (χ0) is 29.2. The van der Waals surface area contributed by atoms with Crippen LogP contribution in [-0.4, -0.2) is 112 Å². The van der Waals surface area contributed by atoms with Crippen molar-refractivity contribution in [3.8, 4) is 0 Å². The summed E-state index contributed by atoms with van der Waals surface area (Å²) in [4.78, 5) is 31.7. The Balaban J connectivity index is 1.29. The van der Waals surface area contributed by atoms with Gasteiger partial charge >= 0.3 is 15.6 Å². The Labute approximate surface area is 226 Å². The monoisotopic (exact) mass is 615 g/mol. The highest BCUT2D eigenvalue weighted by molar-refractivity contribution is 7.61. The van der Waals surface area contributed by atoms with Gasteiger partial charge in [0.05, 0.1) is 19.5 Å². The molecule has 2 saturated heterocycles. The molecule has 8 N–H and O–H groups in total. The number of anilines is 1. The van der Waals surface area contributed by atoms with Crippen LogP contribution in [0, 0.1) is 0 Å². The van der Waals surface area contributed by atoms with Crippen molar-refractivity contribution < 1.29 is 66.9 Å². The van der Waals surface area contributed by atoms with E-state index in [-0.39, 0.29) is 23.6 Å². The number of phosphoric ester groups is 2. The smallest absolute Gasteiger partial charge is 0.387 e. The van der Waals surface area contributed by atoms with Crippen LogP contribution in [0.5, 0.6) is 0 Å². The number of rotatable bonds is 13. The zero-order valence-corrected chi connectivity index (χ0v) is 22.8. The van der Waals surface area contributed by atoms with Crippen LogP contribution in [-0.2, 0) is 36.7 Å². The second kappa shape index (κ2) is 12.7. The lowest BCUT2D eigenvalue weighted by Crippen LogP contribution is -2.35. The molecule has 2 fully saturated rings. The fourth-order valence-corrected chi connectivity index (χ4v) is 6.09. The van der Waals surface area contributed by atoms with E-state index in [9.17, 15) is 39.3 Å². The summed E-state index contributed by atoms with van der Waals surface area (Å²) in [7, 11) is -10.6. The third kappa shape index (κ3) is 7.03. The summed E-state index contributed by atoms with van der Waals surface area (Å²) in [6, 6.07) is 0. The van der Waals surface area contributed by atoms with Crippen molar-refractivity contribution >= 4 is 32.6 Å². The Morgan fingerprint density at radius 1 is 0.950 bits per heavy atom. The first kappa shape index (κ1) is 31.3. The van der Waals surface area contributed by atoms with Gasteiger partial charge in [-0.1, -0.05) is 13.3 Å². The summed E-state index contributed by atoms with van der Waals surface area (Å²) in [5, 5.41) is 40.9. The second-order valence-electron chi connectivity index (χ2n) is 8.99. The first-order valence-corrected chi connectivity index (χ1v) is 15.1. The van der Waals surface area contributed by atoms with Gasteiger partial charge in [-0.3, -0.25) is 13.6 Å². The number of unbranched alkanes of at least 4 members (excludes halogenated alkanes) is 1. The molecule has 0 saturated carbocycles. The van der Waals surface area contributed by atoms with Crippen LogP contribution < -0.4 is 5.73 Å². The Morgan fingerprint density at radius 3 is 2.23 bits per heavy atom. The van der Waals surface area contributed by atoms with E-state index in [0.717, 1.165) is 12.7 Å². The number of aliphatic hydroxyl groups is 4. The largest absolute Gasteiger partial charge is 0.481 e. The van der Waals surface area contributed by atoms with E-state index in [2.05, 4.69) is 23.8 Å². The van der Waals surface area contributed by atoms with Crippen LogP contribution in [0.2, 0.25) is 0 Å². The highest BCUT2D eigenvalue weighted by Crippen LogP contribution is 2.60. The van der Waals surface area contributed by atoms with Crippen molar-refractivity contribution in [2.45, 2.75) is 68.9 Å². The Hall–Kier alpha value is -1.67. The second-order valence-corrected chi connectivity index (χ2v) is 12.0. The summed E-state index contributed by atoms with van der Waals surface area (Å²) in [5.41, 5.74) is 6.13. The van der Waals surface area contributed by atoms with Gasteiger partial charge in [0.2, 0.25) is 0 Å². The Bertz CT molecular complexity index is 1250. The molecule has 21 heteroatoms. The number of ether oxygens (including phenoxy) is 3. The summed E-state index contributed by atoms with van der Waals surface area (Å²) < 4.78 is 55.6. The minimum atomic E-state index is -5.30. The third-order valence-electron chi connectivity index (χ3n) is 6.11. The van der Waals surface area contributed by atoms with Gasteiger partial charge in [-0.25, -0.2) is 24.1 Å². The number of imidazole rings is 1. The van der Waals surface area contributed by atoms with Crippen LogP contribution in [0.1, 0.15) is 26.0 Å². The summed E-state index contributed by atoms with van der Waals surface area (Å²) in [6.45, 7) is 0.483. The molecule has 2 unspecified atom stereocenters. The summed E-state index contributed by atoms with van der Waals surface area (Å²) in [5.74, 6) is 0.0657. The van der Waals surface area contributed by atoms with Gasteiger partial charge in [-0.15, -0.1) is 0 Å². The van der Waals surface area contributed by atoms with Crippen molar-refractivity contribution in [1.29, 1.82) is 0 Å². The number of aliphatic hydroxyl groups excluding tert-OH is 4. The predicted molar refractivity (Wildman–Crippen MR) is 130 cm³/mol. The third-order valence-corrected chi connectivity index (χ3v) is 8.71. The van der Waals surface area contributed by atoms with E-state index in [1.54, 1.807) is 0 Å². The molecule has 226 valence electrons. The number of nitrogens with zero attached hydrogens (tertiary/aromatic N) is 4. The number of nitrogen functional groups attached to an aromatic ring is 1. The molecular formula is C19H31N5O14P2. The lowest BCUT2D eigenvalue weighted by atomic mass is 10.1. The van der Waals surface area contributed by atoms with Gasteiger partial charge in [0.1, 0.15) is 48.5 Å². The number of nitrogens with two attached hydrogens (primary N) is 1. The number of fused-ring (bicyclic) bond motifs is 1. The van der Waals surface area contributed by atoms with Crippen molar-refractivity contribution in [2.75, 3.05) is 25.6 Å². The van der Waals surface area contributed by atoms with Crippen LogP contribution >= 0.6 is 15.6 Å². The van der Waals surface area contributed by atoms with E-state index in [4.69, 9.17) is 24.5 Å². The molecule has 2 aliphatic rings. The number of hydrogen-bond donors (Lipinski definition) is 7. The molecule has 4 heterocycles. The normalized spacial score (nSPS) is 33.8. The highest BCUT2D eigenvalue weighted by Gasteiger charge is 2.47. The lowest BCUT2D eigenvalue weighted by Gasteiger charge is -2.20. The molecule has 0 aliphatic carbocycles. The zero-order valence-electron chi connectivity index (χ0n) is 21.0. The van der Waals surface area contributed by atoms with E-state index < -0.39 is 78.0 Å². The molecule has 2 aliphatic heterocycles. The molecular weight excluding hydrogens is 584 g/mol. The van der Waals surface area contributed by atoms with Gasteiger partial charge < -0.3 is 50.2 Å². The molecule has 40 heavy (non-hydrogen) atoms. The average molecular weight is 615 g/mol. The fraction of sp³-hybridized carbons (Fsp3) is 0.737. The standard InChI is InChI=1S/C19H31N5O14P2/c1-2-3-4-33-19-15(28)13(26)10(37-19)6-35-40(31,32)38-39(29,30)34-5-9-12(25)14(27)18(36-9)24-8-23-11-16(20)21-7-22-17(11)24/h7-10,12-15,18-19,25-28H,2-6H2,1H3,(H,29,30)(H,31,32)(H2,20,21,22)/t9-,10-,12-,13-,14-,15-,18-,19-/m1/s1. The number of phosphoric acid groups is 2. The van der Waals surface area contributed by atoms with Crippen LogP contribution in [0.3, 0.4) is 0 Å². The minimum Gasteiger partial charge on any atom is -0.387 e. The maximum Gasteiger partial charge on any atom is 0.481 e. The summed E-state index contributed by atoms with van der Waals surface area (Å²) >= 11 is 0. The molecule has 19 nitrogen and oxygen atoms in total. The number of aromatic nitrogens is 4. The van der Waals surface area contributed by atoms with Crippen molar-refractivity contribution in [3.63, 3.8) is 0 Å². The molecule has 0 bridgehead atoms. The molecule has 2 aromatic heterocycles. The van der Waals surface area contributed by atoms with Gasteiger partial charge in [0.25, 0.3) is 0 Å². The molecule has 0 radical (unpaired) electrons. The SMILES string of the molecule is CCCCO[C@@H]1O[C@H](COP(=O)(O)OP(=O)(O)OC[C@H]2O[C@@H](n3cnc4c(N)ncnc43)[C@H](O)[C@@H]2O)[C@@H](O)[C@H]1O. The topological polar surface area (TPSA) is 281 Å². The Kier molecular flexibility index (Phi) is 9.91. The Morgan fingerprint density at radius 2 is 1.57 bits per heavy atom. The van der Waals surface area contributed by atoms with E-state index in [0.29, 0.717) is 6.42 Å². The van der Waals surface area contributed by atoms with Gasteiger partial charge in [-0.05, 0) is 6.42 Å². The molecule has 0 spiro atoms. The highest BCUT2D eigenvalue weighted by atomic mass is 31.3. The quantitative estimate of drug-likeness (QED) is 0.100. The van der Waals surface area contributed by atoms with Gasteiger partial charge in [-0.2, -0.15) is 4.31 Å². The summed E-state index contributed by atoms with van der Waals surface area (Å²) in [6.07, 6.45) is -7.48. The molecule has 2 aromatic rings. The maximum atomic E-state index is 12.3.